The van der Waals surface area contributed by atoms with Gasteiger partial charge in [0.25, 0.3) is 5.91 Å². The molecule has 3 aromatic carbocycles. The van der Waals surface area contributed by atoms with Gasteiger partial charge in [0.2, 0.25) is 11.7 Å². The number of carbonyl (C=O) groups is 2. The Kier molecular flexibility index (Phi) is 7.53. The van der Waals surface area contributed by atoms with Gasteiger partial charge in [0.05, 0.1) is 18.5 Å². The highest BCUT2D eigenvalue weighted by atomic mass is 35.5. The van der Waals surface area contributed by atoms with E-state index >= 15 is 0 Å². The van der Waals surface area contributed by atoms with Crippen LogP contribution in [0.5, 0.6) is 11.5 Å². The Hall–Kier alpha value is -4.44. The Labute approximate surface area is 205 Å². The number of tetrazole rings is 1. The molecular formula is C24H21ClN6O4. The second-order valence-corrected chi connectivity index (χ2v) is 7.66. The highest BCUT2D eigenvalue weighted by Gasteiger charge is 2.15. The van der Waals surface area contributed by atoms with Crippen LogP contribution in [0.25, 0.3) is 11.4 Å². The van der Waals surface area contributed by atoms with Crippen LogP contribution in [-0.4, -0.2) is 45.7 Å². The summed E-state index contributed by atoms with van der Waals surface area (Å²) in [7, 11) is 1.52. The number of hydrogen-bond donors (Lipinski definition) is 2. The molecule has 11 heteroatoms. The predicted molar refractivity (Wildman–Crippen MR) is 130 cm³/mol. The van der Waals surface area contributed by atoms with Gasteiger partial charge < -0.3 is 20.1 Å². The second kappa shape index (κ2) is 11.1. The molecule has 0 saturated heterocycles. The molecule has 0 aliphatic heterocycles. The fraction of sp³-hybridized carbons (Fsp3) is 0.125. The first-order valence-electron chi connectivity index (χ1n) is 10.5. The van der Waals surface area contributed by atoms with E-state index < -0.39 is 0 Å². The van der Waals surface area contributed by atoms with Gasteiger partial charge in [-0.1, -0.05) is 35.9 Å². The Morgan fingerprint density at radius 1 is 0.914 bits per heavy atom. The summed E-state index contributed by atoms with van der Waals surface area (Å²) in [5.74, 6) is 0.603. The van der Waals surface area contributed by atoms with E-state index in [0.29, 0.717) is 33.5 Å². The third-order valence-corrected chi connectivity index (χ3v) is 5.00. The number of hydrogen-bond acceptors (Lipinski definition) is 7. The molecule has 178 valence electrons. The molecule has 0 aliphatic carbocycles. The normalized spacial score (nSPS) is 10.5. The molecule has 0 spiro atoms. The van der Waals surface area contributed by atoms with Crippen LogP contribution in [0.4, 0.5) is 11.4 Å². The highest BCUT2D eigenvalue weighted by Crippen LogP contribution is 2.25. The Morgan fingerprint density at radius 3 is 2.37 bits per heavy atom. The quantitative estimate of drug-likeness (QED) is 0.366. The Morgan fingerprint density at radius 2 is 1.60 bits per heavy atom. The number of rotatable bonds is 9. The molecule has 0 atom stereocenters. The third-order valence-electron chi connectivity index (χ3n) is 4.74. The van der Waals surface area contributed by atoms with Crippen molar-refractivity contribution in [1.82, 2.24) is 20.2 Å². The maximum Gasteiger partial charge on any atom is 0.262 e. The number of benzene rings is 3. The van der Waals surface area contributed by atoms with E-state index in [2.05, 4.69) is 26.0 Å². The van der Waals surface area contributed by atoms with Crippen LogP contribution >= 0.6 is 11.6 Å². The van der Waals surface area contributed by atoms with E-state index in [1.54, 1.807) is 72.8 Å². The van der Waals surface area contributed by atoms with Crippen LogP contribution in [0.15, 0.2) is 72.8 Å². The molecule has 0 bridgehead atoms. The van der Waals surface area contributed by atoms with Crippen molar-refractivity contribution in [2.24, 2.45) is 0 Å². The molecule has 0 radical (unpaired) electrons. The van der Waals surface area contributed by atoms with Crippen LogP contribution in [-0.2, 0) is 16.1 Å². The summed E-state index contributed by atoms with van der Waals surface area (Å²) in [5.41, 5.74) is 1.56. The average Bonchev–Trinajstić information content (AvgIpc) is 3.32. The molecule has 4 aromatic rings. The van der Waals surface area contributed by atoms with Crippen LogP contribution < -0.4 is 20.1 Å². The summed E-state index contributed by atoms with van der Waals surface area (Å²) < 4.78 is 10.7. The van der Waals surface area contributed by atoms with E-state index in [1.807, 2.05) is 0 Å². The first kappa shape index (κ1) is 23.7. The zero-order chi connectivity index (χ0) is 24.6. The summed E-state index contributed by atoms with van der Waals surface area (Å²) in [4.78, 5) is 26.0. The first-order chi connectivity index (χ1) is 17.0. The van der Waals surface area contributed by atoms with Crippen LogP contribution in [0.1, 0.15) is 0 Å². The summed E-state index contributed by atoms with van der Waals surface area (Å²) in [5, 5.41) is 18.4. The maximum absolute atomic E-state index is 12.4. The van der Waals surface area contributed by atoms with Gasteiger partial charge >= 0.3 is 0 Å². The van der Waals surface area contributed by atoms with Crippen molar-refractivity contribution < 1.29 is 19.1 Å². The fourth-order valence-corrected chi connectivity index (χ4v) is 3.26. The lowest BCUT2D eigenvalue weighted by atomic mass is 10.1. The van der Waals surface area contributed by atoms with Crippen molar-refractivity contribution in [3.8, 4) is 22.9 Å². The highest BCUT2D eigenvalue weighted by molar-refractivity contribution is 6.30. The number of aromatic nitrogens is 4. The monoisotopic (exact) mass is 492 g/mol. The molecule has 2 N–H and O–H groups in total. The van der Waals surface area contributed by atoms with Gasteiger partial charge in [0.1, 0.15) is 18.0 Å². The zero-order valence-electron chi connectivity index (χ0n) is 18.6. The molecule has 0 unspecified atom stereocenters. The second-order valence-electron chi connectivity index (χ2n) is 7.23. The minimum Gasteiger partial charge on any atom is -0.495 e. The van der Waals surface area contributed by atoms with Crippen molar-refractivity contribution in [3.05, 3.63) is 77.8 Å². The minimum absolute atomic E-state index is 0.158. The molecule has 2 amide bonds. The van der Waals surface area contributed by atoms with Crippen molar-refractivity contribution in [2.75, 3.05) is 24.4 Å². The minimum atomic E-state index is -0.365. The summed E-state index contributed by atoms with van der Waals surface area (Å²) in [6.45, 7) is -0.353. The number of methoxy groups -OCH3 is 1. The molecular weight excluding hydrogens is 472 g/mol. The van der Waals surface area contributed by atoms with Gasteiger partial charge in [-0.3, -0.25) is 9.59 Å². The van der Waals surface area contributed by atoms with Gasteiger partial charge in [-0.15, -0.1) is 10.2 Å². The van der Waals surface area contributed by atoms with Crippen molar-refractivity contribution in [2.45, 2.75) is 6.54 Å². The fourth-order valence-electron chi connectivity index (χ4n) is 3.14. The Bertz CT molecular complexity index is 1330. The molecule has 1 aromatic heterocycles. The lowest BCUT2D eigenvalue weighted by Crippen LogP contribution is -2.21. The number of ether oxygens (including phenoxy) is 2. The van der Waals surface area contributed by atoms with Gasteiger partial charge in [-0.2, -0.15) is 4.80 Å². The van der Waals surface area contributed by atoms with E-state index in [9.17, 15) is 9.59 Å². The van der Waals surface area contributed by atoms with Crippen molar-refractivity contribution >= 4 is 34.8 Å². The topological polar surface area (TPSA) is 120 Å². The predicted octanol–water partition coefficient (Wildman–Crippen LogP) is 3.66. The number of amides is 2. The van der Waals surface area contributed by atoms with Crippen LogP contribution in [0, 0.1) is 0 Å². The molecule has 35 heavy (non-hydrogen) atoms. The maximum atomic E-state index is 12.4. The third kappa shape index (κ3) is 6.33. The standard InChI is InChI=1S/C24H21ClN6O4/c1-34-21-9-5-4-8-20(21)27-22(32)14-31-29-24(28-30-31)18-6-2-3-7-19(18)26-23(33)15-35-17-12-10-16(25)11-13-17/h2-13H,14-15H2,1H3,(H,26,33)(H,27,32). The smallest absolute Gasteiger partial charge is 0.262 e. The lowest BCUT2D eigenvalue weighted by molar-refractivity contribution is -0.118. The number of nitrogens with zero attached hydrogens (tertiary/aromatic N) is 4. The molecule has 1 heterocycles. The van der Waals surface area contributed by atoms with Crippen molar-refractivity contribution in [1.29, 1.82) is 0 Å². The van der Waals surface area contributed by atoms with Crippen LogP contribution in [0.2, 0.25) is 5.02 Å². The molecule has 10 nitrogen and oxygen atoms in total. The SMILES string of the molecule is COc1ccccc1NC(=O)Cn1nnc(-c2ccccc2NC(=O)COc2ccc(Cl)cc2)n1. The average molecular weight is 493 g/mol. The van der Waals surface area contributed by atoms with E-state index in [4.69, 9.17) is 21.1 Å². The molecule has 0 fully saturated rings. The molecule has 0 saturated carbocycles. The Balaban J connectivity index is 1.39. The number of carbonyl (C=O) groups excluding carboxylic acids is 2. The van der Waals surface area contributed by atoms with Gasteiger partial charge in [0, 0.05) is 10.6 Å². The zero-order valence-corrected chi connectivity index (χ0v) is 19.4. The van der Waals surface area contributed by atoms with E-state index in [0.717, 1.165) is 0 Å². The summed E-state index contributed by atoms with van der Waals surface area (Å²) in [6.07, 6.45) is 0. The number of para-hydroxylation sites is 3. The van der Waals surface area contributed by atoms with E-state index in [1.165, 1.54) is 11.9 Å². The van der Waals surface area contributed by atoms with E-state index in [-0.39, 0.29) is 30.8 Å². The first-order valence-corrected chi connectivity index (χ1v) is 10.9. The molecule has 4 rings (SSSR count). The number of anilines is 2. The van der Waals surface area contributed by atoms with Gasteiger partial charge in [-0.25, -0.2) is 0 Å². The van der Waals surface area contributed by atoms with Crippen molar-refractivity contribution in [3.63, 3.8) is 0 Å². The summed E-state index contributed by atoms with van der Waals surface area (Å²) >= 11 is 5.85. The van der Waals surface area contributed by atoms with Gasteiger partial charge in [-0.05, 0) is 53.7 Å². The van der Waals surface area contributed by atoms with Gasteiger partial charge in [0.15, 0.2) is 6.61 Å². The summed E-state index contributed by atoms with van der Waals surface area (Å²) in [6, 6.07) is 20.8. The largest absolute Gasteiger partial charge is 0.495 e. The number of nitrogens with one attached hydrogen (secondary N) is 2. The lowest BCUT2D eigenvalue weighted by Gasteiger charge is -2.10. The number of halogens is 1. The molecule has 0 aliphatic rings. The van der Waals surface area contributed by atoms with Crippen LogP contribution in [0.3, 0.4) is 0 Å².